The van der Waals surface area contributed by atoms with E-state index >= 15 is 0 Å². The molecule has 0 saturated heterocycles. The van der Waals surface area contributed by atoms with Crippen LogP contribution < -0.4 is 0 Å². The van der Waals surface area contributed by atoms with Crippen LogP contribution in [0.3, 0.4) is 0 Å². The highest BCUT2D eigenvalue weighted by Gasteiger charge is 2.35. The Morgan fingerprint density at radius 3 is 2.25 bits per heavy atom. The number of H-pyrrole nitrogens is 1. The molecule has 0 amide bonds. The summed E-state index contributed by atoms with van der Waals surface area (Å²) >= 11 is 3.03. The predicted molar refractivity (Wildman–Crippen MR) is 56.7 cm³/mol. The van der Waals surface area contributed by atoms with Crippen molar-refractivity contribution >= 4 is 15.9 Å². The maximum atomic E-state index is 12.4. The topological polar surface area (TPSA) is 28.7 Å². The zero-order valence-corrected chi connectivity index (χ0v) is 9.43. The first-order chi connectivity index (χ1) is 7.48. The van der Waals surface area contributed by atoms with Crippen molar-refractivity contribution < 1.29 is 13.2 Å². The van der Waals surface area contributed by atoms with Gasteiger partial charge in [-0.15, -0.1) is 0 Å². The van der Waals surface area contributed by atoms with Crippen molar-refractivity contribution in [3.8, 4) is 11.3 Å². The molecule has 1 heterocycles. The molecule has 0 fully saturated rings. The van der Waals surface area contributed by atoms with E-state index in [-0.39, 0.29) is 10.3 Å². The highest BCUT2D eigenvalue weighted by Crippen LogP contribution is 2.32. The van der Waals surface area contributed by atoms with Gasteiger partial charge in [0, 0.05) is 5.56 Å². The van der Waals surface area contributed by atoms with E-state index in [0.29, 0.717) is 5.56 Å². The maximum Gasteiger partial charge on any atom is 0.449 e. The Kier molecular flexibility index (Phi) is 2.75. The summed E-state index contributed by atoms with van der Waals surface area (Å²) in [5.41, 5.74) is 0.883. The van der Waals surface area contributed by atoms with E-state index in [1.54, 1.807) is 30.3 Å². The smallest absolute Gasteiger partial charge is 0.329 e. The normalized spacial score (nSPS) is 11.8. The number of aromatic amines is 1. The van der Waals surface area contributed by atoms with Crippen molar-refractivity contribution in [2.45, 2.75) is 6.18 Å². The van der Waals surface area contributed by atoms with Crippen molar-refractivity contribution in [2.75, 3.05) is 0 Å². The molecule has 1 aromatic carbocycles. The van der Waals surface area contributed by atoms with Gasteiger partial charge in [0.15, 0.2) is 0 Å². The molecule has 1 aromatic heterocycles. The fourth-order valence-corrected chi connectivity index (χ4v) is 1.78. The third-order valence-electron chi connectivity index (χ3n) is 1.98. The van der Waals surface area contributed by atoms with Gasteiger partial charge in [-0.25, -0.2) is 4.98 Å². The van der Waals surface area contributed by atoms with Crippen LogP contribution in [0.25, 0.3) is 11.3 Å². The summed E-state index contributed by atoms with van der Waals surface area (Å²) in [6.45, 7) is 0. The van der Waals surface area contributed by atoms with E-state index in [1.807, 2.05) is 0 Å². The third-order valence-corrected chi connectivity index (χ3v) is 2.55. The molecule has 0 aliphatic carbocycles. The summed E-state index contributed by atoms with van der Waals surface area (Å²) in [4.78, 5) is 5.69. The second-order valence-electron chi connectivity index (χ2n) is 3.11. The third kappa shape index (κ3) is 2.11. The molecule has 0 atom stereocenters. The van der Waals surface area contributed by atoms with Gasteiger partial charge < -0.3 is 4.98 Å². The molecule has 84 valence electrons. The van der Waals surface area contributed by atoms with Crippen LogP contribution in [-0.2, 0) is 6.18 Å². The SMILES string of the molecule is FC(F)(F)c1nc(-c2ccccc2)c(Br)[nH]1. The number of imidazole rings is 1. The maximum absolute atomic E-state index is 12.4. The van der Waals surface area contributed by atoms with Crippen LogP contribution in [0, 0.1) is 0 Å². The minimum Gasteiger partial charge on any atom is -0.329 e. The molecule has 0 radical (unpaired) electrons. The van der Waals surface area contributed by atoms with E-state index in [0.717, 1.165) is 0 Å². The molecular formula is C10H6BrF3N2. The molecule has 16 heavy (non-hydrogen) atoms. The molecule has 2 aromatic rings. The monoisotopic (exact) mass is 290 g/mol. The Balaban J connectivity index is 2.48. The lowest BCUT2D eigenvalue weighted by molar-refractivity contribution is -0.144. The highest BCUT2D eigenvalue weighted by molar-refractivity contribution is 9.10. The van der Waals surface area contributed by atoms with E-state index in [9.17, 15) is 13.2 Å². The van der Waals surface area contributed by atoms with Gasteiger partial charge in [0.1, 0.15) is 10.3 Å². The molecule has 2 rings (SSSR count). The second kappa shape index (κ2) is 3.93. The van der Waals surface area contributed by atoms with Crippen LogP contribution >= 0.6 is 15.9 Å². The van der Waals surface area contributed by atoms with Crippen molar-refractivity contribution in [1.29, 1.82) is 0 Å². The Labute approximate surface area is 97.6 Å². The van der Waals surface area contributed by atoms with E-state index in [1.165, 1.54) is 0 Å². The molecule has 2 nitrogen and oxygen atoms in total. The molecule has 0 spiro atoms. The lowest BCUT2D eigenvalue weighted by Gasteiger charge is -1.99. The first kappa shape index (κ1) is 11.2. The van der Waals surface area contributed by atoms with Gasteiger partial charge >= 0.3 is 6.18 Å². The fourth-order valence-electron chi connectivity index (χ4n) is 1.27. The van der Waals surface area contributed by atoms with Crippen molar-refractivity contribution in [3.63, 3.8) is 0 Å². The Morgan fingerprint density at radius 1 is 1.12 bits per heavy atom. The number of nitrogens with zero attached hydrogens (tertiary/aromatic N) is 1. The van der Waals surface area contributed by atoms with Crippen LogP contribution in [-0.4, -0.2) is 9.97 Å². The average Bonchev–Trinajstić information content (AvgIpc) is 2.61. The number of rotatable bonds is 1. The minimum atomic E-state index is -4.46. The van der Waals surface area contributed by atoms with Gasteiger partial charge in [0.05, 0.1) is 0 Å². The average molecular weight is 291 g/mol. The zero-order chi connectivity index (χ0) is 11.8. The quantitative estimate of drug-likeness (QED) is 0.849. The van der Waals surface area contributed by atoms with Crippen LogP contribution in [0.2, 0.25) is 0 Å². The summed E-state index contributed by atoms with van der Waals surface area (Å²) in [5.74, 6) is -1.00. The Bertz CT molecular complexity index is 491. The molecule has 0 saturated carbocycles. The Morgan fingerprint density at radius 2 is 1.75 bits per heavy atom. The summed E-state index contributed by atoms with van der Waals surface area (Å²) in [6, 6.07) is 8.66. The van der Waals surface area contributed by atoms with Gasteiger partial charge in [0.2, 0.25) is 5.82 Å². The largest absolute Gasteiger partial charge is 0.449 e. The summed E-state index contributed by atoms with van der Waals surface area (Å²) in [7, 11) is 0. The number of hydrogen-bond acceptors (Lipinski definition) is 1. The van der Waals surface area contributed by atoms with Gasteiger partial charge in [-0.2, -0.15) is 13.2 Å². The van der Waals surface area contributed by atoms with E-state index in [2.05, 4.69) is 25.9 Å². The molecular weight excluding hydrogens is 285 g/mol. The zero-order valence-electron chi connectivity index (χ0n) is 7.85. The molecule has 0 aliphatic rings. The first-order valence-electron chi connectivity index (χ1n) is 4.36. The molecule has 0 aliphatic heterocycles. The van der Waals surface area contributed by atoms with Crippen molar-refractivity contribution in [3.05, 3.63) is 40.8 Å². The van der Waals surface area contributed by atoms with Crippen LogP contribution in [0.15, 0.2) is 34.9 Å². The number of aromatic nitrogens is 2. The van der Waals surface area contributed by atoms with Crippen LogP contribution in [0.1, 0.15) is 5.82 Å². The first-order valence-corrected chi connectivity index (χ1v) is 5.16. The predicted octanol–water partition coefficient (Wildman–Crippen LogP) is 3.86. The standard InChI is InChI=1S/C10H6BrF3N2/c11-8-7(6-4-2-1-3-5-6)15-9(16-8)10(12,13)14/h1-5H,(H,15,16). The minimum absolute atomic E-state index is 0.228. The van der Waals surface area contributed by atoms with Gasteiger partial charge in [-0.05, 0) is 15.9 Å². The van der Waals surface area contributed by atoms with E-state index in [4.69, 9.17) is 0 Å². The van der Waals surface area contributed by atoms with Crippen molar-refractivity contribution in [1.82, 2.24) is 9.97 Å². The number of hydrogen-bond donors (Lipinski definition) is 1. The number of nitrogens with one attached hydrogen (secondary N) is 1. The fraction of sp³-hybridized carbons (Fsp3) is 0.100. The summed E-state index contributed by atoms with van der Waals surface area (Å²) < 4.78 is 37.4. The number of alkyl halides is 3. The van der Waals surface area contributed by atoms with Crippen LogP contribution in [0.5, 0.6) is 0 Å². The lowest BCUT2D eigenvalue weighted by atomic mass is 10.2. The number of halogens is 4. The van der Waals surface area contributed by atoms with Crippen molar-refractivity contribution in [2.24, 2.45) is 0 Å². The molecule has 0 unspecified atom stereocenters. The Hall–Kier alpha value is -1.30. The van der Waals surface area contributed by atoms with E-state index < -0.39 is 12.0 Å². The van der Waals surface area contributed by atoms with Crippen LogP contribution in [0.4, 0.5) is 13.2 Å². The summed E-state index contributed by atoms with van der Waals surface area (Å²) in [5, 5.41) is 0. The summed E-state index contributed by atoms with van der Waals surface area (Å²) in [6.07, 6.45) is -4.46. The van der Waals surface area contributed by atoms with Gasteiger partial charge in [-0.1, -0.05) is 30.3 Å². The van der Waals surface area contributed by atoms with Gasteiger partial charge in [0.25, 0.3) is 0 Å². The number of benzene rings is 1. The molecule has 0 bridgehead atoms. The second-order valence-corrected chi connectivity index (χ2v) is 3.90. The molecule has 1 N–H and O–H groups in total. The van der Waals surface area contributed by atoms with Gasteiger partial charge in [-0.3, -0.25) is 0 Å². The highest BCUT2D eigenvalue weighted by atomic mass is 79.9. The molecule has 6 heteroatoms. The lowest BCUT2D eigenvalue weighted by Crippen LogP contribution is -2.07.